The van der Waals surface area contributed by atoms with Crippen LogP contribution in [0.25, 0.3) is 0 Å². The van der Waals surface area contributed by atoms with E-state index < -0.39 is 0 Å². The third-order valence-electron chi connectivity index (χ3n) is 4.46. The highest BCUT2D eigenvalue weighted by atomic mass is 15.1. The zero-order valence-electron chi connectivity index (χ0n) is 10.4. The lowest BCUT2D eigenvalue weighted by Crippen LogP contribution is -2.35. The number of aromatic nitrogens is 2. The van der Waals surface area contributed by atoms with Gasteiger partial charge in [0.25, 0.3) is 0 Å². The lowest BCUT2D eigenvalue weighted by atomic mass is 9.78. The van der Waals surface area contributed by atoms with Crippen LogP contribution in [0, 0.1) is 22.2 Å². The van der Waals surface area contributed by atoms with E-state index in [0.717, 1.165) is 12.8 Å². The van der Waals surface area contributed by atoms with Crippen LogP contribution in [0.4, 0.5) is 5.82 Å². The Morgan fingerprint density at radius 2 is 2.22 bits per heavy atom. The average molecular weight is 245 g/mol. The van der Waals surface area contributed by atoms with Crippen molar-refractivity contribution in [3.8, 4) is 0 Å². The quantitative estimate of drug-likeness (QED) is 0.519. The molecule has 2 saturated carbocycles. The highest BCUT2D eigenvalue weighted by Crippen LogP contribution is 2.57. The Morgan fingerprint density at radius 3 is 2.94 bits per heavy atom. The molecular formula is C13H19N5. The first-order valence-electron chi connectivity index (χ1n) is 6.58. The second-order valence-electron chi connectivity index (χ2n) is 5.71. The molecule has 2 aliphatic carbocycles. The average Bonchev–Trinajstić information content (AvgIpc) is 3.11. The first-order valence-corrected chi connectivity index (χ1v) is 6.58. The van der Waals surface area contributed by atoms with E-state index in [1.165, 1.54) is 25.7 Å². The van der Waals surface area contributed by atoms with Gasteiger partial charge < -0.3 is 5.73 Å². The molecule has 5 nitrogen and oxygen atoms in total. The molecule has 2 aliphatic rings. The van der Waals surface area contributed by atoms with Crippen molar-refractivity contribution in [2.45, 2.75) is 38.5 Å². The van der Waals surface area contributed by atoms with Gasteiger partial charge in [-0.05, 0) is 37.5 Å². The highest BCUT2D eigenvalue weighted by Gasteiger charge is 2.46. The lowest BCUT2D eigenvalue weighted by molar-refractivity contribution is 0.292. The lowest BCUT2D eigenvalue weighted by Gasteiger charge is -2.30. The van der Waals surface area contributed by atoms with E-state index in [-0.39, 0.29) is 17.2 Å². The van der Waals surface area contributed by atoms with E-state index in [9.17, 15) is 0 Å². The topological polar surface area (TPSA) is 91.5 Å². The van der Waals surface area contributed by atoms with Crippen molar-refractivity contribution in [2.24, 2.45) is 11.3 Å². The molecule has 1 atom stereocenters. The number of hydrogen-bond donors (Lipinski definition) is 3. The maximum Gasteiger partial charge on any atom is 0.173 e. The fraction of sp³-hybridized carbons (Fsp3) is 0.615. The largest absolute Gasteiger partial charge is 0.381 e. The van der Waals surface area contributed by atoms with Crippen molar-refractivity contribution in [2.75, 3.05) is 5.73 Å². The van der Waals surface area contributed by atoms with Gasteiger partial charge in [0.15, 0.2) is 11.3 Å². The number of rotatable bonds is 1. The molecule has 0 aliphatic heterocycles. The van der Waals surface area contributed by atoms with Crippen molar-refractivity contribution in [1.29, 1.82) is 10.8 Å². The Bertz CT molecular complexity index is 541. The normalized spacial score (nSPS) is 25.0. The van der Waals surface area contributed by atoms with E-state index in [0.29, 0.717) is 11.3 Å². The molecule has 0 bridgehead atoms. The third kappa shape index (κ3) is 1.83. The van der Waals surface area contributed by atoms with Crippen LogP contribution in [0.2, 0.25) is 0 Å². The van der Waals surface area contributed by atoms with Crippen molar-refractivity contribution in [3.63, 3.8) is 0 Å². The smallest absolute Gasteiger partial charge is 0.173 e. The molecule has 1 aromatic rings. The maximum absolute atomic E-state index is 8.33. The molecule has 1 heterocycles. The predicted molar refractivity (Wildman–Crippen MR) is 69.2 cm³/mol. The summed E-state index contributed by atoms with van der Waals surface area (Å²) in [5.41, 5.74) is 6.31. The fourth-order valence-corrected chi connectivity index (χ4v) is 3.15. The highest BCUT2D eigenvalue weighted by molar-refractivity contribution is 5.84. The van der Waals surface area contributed by atoms with Crippen LogP contribution in [-0.4, -0.2) is 15.4 Å². The molecule has 0 saturated heterocycles. The van der Waals surface area contributed by atoms with Crippen LogP contribution in [0.3, 0.4) is 0 Å². The Hall–Kier alpha value is -1.65. The molecule has 1 aromatic heterocycles. The van der Waals surface area contributed by atoms with Gasteiger partial charge in [0.05, 0.1) is 0 Å². The Balaban J connectivity index is 1.86. The molecule has 2 fully saturated rings. The maximum atomic E-state index is 8.33. The number of nitrogens with two attached hydrogens (primary N) is 1. The van der Waals surface area contributed by atoms with E-state index in [1.807, 2.05) is 0 Å². The van der Waals surface area contributed by atoms with E-state index in [4.69, 9.17) is 16.6 Å². The van der Waals surface area contributed by atoms with Crippen LogP contribution in [0.5, 0.6) is 0 Å². The minimum atomic E-state index is 0.137. The number of nitrogen functional groups attached to an aromatic ring is 1. The summed E-state index contributed by atoms with van der Waals surface area (Å²) in [6.45, 7) is 0. The molecule has 5 heteroatoms. The predicted octanol–water partition coefficient (Wildman–Crippen LogP) is 1.74. The minimum absolute atomic E-state index is 0.137. The summed E-state index contributed by atoms with van der Waals surface area (Å²) >= 11 is 0. The van der Waals surface area contributed by atoms with Gasteiger partial charge in [0, 0.05) is 18.3 Å². The van der Waals surface area contributed by atoms with Gasteiger partial charge in [0.2, 0.25) is 0 Å². The van der Waals surface area contributed by atoms with Crippen molar-refractivity contribution in [1.82, 2.24) is 9.55 Å². The zero-order valence-corrected chi connectivity index (χ0v) is 10.4. The first kappa shape index (κ1) is 11.4. The molecule has 4 N–H and O–H groups in total. The second-order valence-corrected chi connectivity index (χ2v) is 5.71. The summed E-state index contributed by atoms with van der Waals surface area (Å²) in [4.78, 5) is 3.88. The SMILES string of the molecule is N=C(C1CCCC2(CC2)C1)n1ccnc(N)c1=N. The van der Waals surface area contributed by atoms with Gasteiger partial charge in [-0.3, -0.25) is 15.4 Å². The minimum Gasteiger partial charge on any atom is -0.381 e. The van der Waals surface area contributed by atoms with Crippen molar-refractivity contribution < 1.29 is 0 Å². The van der Waals surface area contributed by atoms with Gasteiger partial charge >= 0.3 is 0 Å². The summed E-state index contributed by atoms with van der Waals surface area (Å²) in [7, 11) is 0. The van der Waals surface area contributed by atoms with Gasteiger partial charge in [-0.2, -0.15) is 0 Å². The monoisotopic (exact) mass is 245 g/mol. The summed E-state index contributed by atoms with van der Waals surface area (Å²) in [5.74, 6) is 0.983. The first-order chi connectivity index (χ1) is 8.61. The molecular weight excluding hydrogens is 226 g/mol. The van der Waals surface area contributed by atoms with Crippen LogP contribution in [0.1, 0.15) is 38.5 Å². The fourth-order valence-electron chi connectivity index (χ4n) is 3.15. The van der Waals surface area contributed by atoms with E-state index in [2.05, 4.69) is 4.98 Å². The van der Waals surface area contributed by atoms with Crippen LogP contribution in [-0.2, 0) is 0 Å². The summed E-state index contributed by atoms with van der Waals surface area (Å²) < 4.78 is 1.58. The second kappa shape index (κ2) is 3.93. The van der Waals surface area contributed by atoms with Crippen LogP contribution in [0.15, 0.2) is 12.4 Å². The number of nitrogens with zero attached hydrogens (tertiary/aromatic N) is 2. The summed E-state index contributed by atoms with van der Waals surface area (Å²) in [5, 5.41) is 16.2. The molecule has 0 aromatic carbocycles. The number of nitrogens with one attached hydrogen (secondary N) is 2. The summed E-state index contributed by atoms with van der Waals surface area (Å²) in [6.07, 6.45) is 10.6. The molecule has 1 spiro atoms. The zero-order chi connectivity index (χ0) is 12.8. The molecule has 0 amide bonds. The summed E-state index contributed by atoms with van der Waals surface area (Å²) in [6, 6.07) is 0. The van der Waals surface area contributed by atoms with Gasteiger partial charge in [-0.1, -0.05) is 6.42 Å². The van der Waals surface area contributed by atoms with Crippen molar-refractivity contribution >= 4 is 11.7 Å². The van der Waals surface area contributed by atoms with Crippen molar-refractivity contribution in [3.05, 3.63) is 17.9 Å². The Morgan fingerprint density at radius 1 is 1.44 bits per heavy atom. The standard InChI is InChI=1S/C13H19N5/c14-10-12(16)18(7-6-17-10)11(15)9-2-1-3-13(8-9)4-5-13/h6-7,9,15-16H,1-5,8H2,(H2,14,17). The Labute approximate surface area is 106 Å². The number of hydrogen-bond acceptors (Lipinski definition) is 4. The van der Waals surface area contributed by atoms with E-state index in [1.54, 1.807) is 17.0 Å². The van der Waals surface area contributed by atoms with Gasteiger partial charge in [-0.15, -0.1) is 0 Å². The van der Waals surface area contributed by atoms with E-state index >= 15 is 0 Å². The van der Waals surface area contributed by atoms with Crippen LogP contribution >= 0.6 is 0 Å². The van der Waals surface area contributed by atoms with Crippen LogP contribution < -0.4 is 11.2 Å². The Kier molecular flexibility index (Phi) is 2.50. The van der Waals surface area contributed by atoms with Gasteiger partial charge in [-0.25, -0.2) is 4.98 Å². The molecule has 18 heavy (non-hydrogen) atoms. The molecule has 1 unspecified atom stereocenters. The molecule has 3 rings (SSSR count). The third-order valence-corrected chi connectivity index (χ3v) is 4.46. The molecule has 96 valence electrons. The number of anilines is 1. The van der Waals surface area contributed by atoms with Gasteiger partial charge in [0.1, 0.15) is 5.84 Å². The molecule has 0 radical (unpaired) electrons.